The van der Waals surface area contributed by atoms with Crippen molar-refractivity contribution in [1.29, 1.82) is 0 Å². The van der Waals surface area contributed by atoms with E-state index in [2.05, 4.69) is 92.9 Å². The summed E-state index contributed by atoms with van der Waals surface area (Å²) in [7, 11) is 0. The number of aliphatic hydroxyl groups is 2. The van der Waals surface area contributed by atoms with E-state index in [1.807, 2.05) is 6.08 Å². The van der Waals surface area contributed by atoms with Gasteiger partial charge in [-0.05, 0) is 77.0 Å². The molecule has 0 aromatic carbocycles. The van der Waals surface area contributed by atoms with Crippen LogP contribution in [0.15, 0.2) is 72.9 Å². The van der Waals surface area contributed by atoms with Gasteiger partial charge in [0.25, 0.3) is 0 Å². The van der Waals surface area contributed by atoms with Crippen LogP contribution >= 0.6 is 0 Å². The molecule has 6 nitrogen and oxygen atoms in total. The van der Waals surface area contributed by atoms with Crippen molar-refractivity contribution in [3.05, 3.63) is 72.9 Å². The lowest BCUT2D eigenvalue weighted by Crippen LogP contribution is -2.46. The summed E-state index contributed by atoms with van der Waals surface area (Å²) in [5.74, 6) is -0.616. The average Bonchev–Trinajstić information content (AvgIpc) is 3.19. The summed E-state index contributed by atoms with van der Waals surface area (Å²) >= 11 is 0. The molecule has 3 atom stereocenters. The highest BCUT2D eigenvalue weighted by molar-refractivity contribution is 5.77. The van der Waals surface area contributed by atoms with Gasteiger partial charge in [-0.25, -0.2) is 0 Å². The second-order valence-corrected chi connectivity index (χ2v) is 15.4. The minimum atomic E-state index is -0.811. The zero-order valence-electron chi connectivity index (χ0n) is 36.5. The molecule has 0 saturated carbocycles. The van der Waals surface area contributed by atoms with E-state index in [0.29, 0.717) is 19.3 Å². The zero-order valence-corrected chi connectivity index (χ0v) is 36.5. The number of amides is 1. The van der Waals surface area contributed by atoms with Crippen LogP contribution < -0.4 is 5.32 Å². The van der Waals surface area contributed by atoms with Crippen molar-refractivity contribution >= 4 is 11.9 Å². The van der Waals surface area contributed by atoms with E-state index in [1.165, 1.54) is 83.5 Å². The predicted molar refractivity (Wildman–Crippen MR) is 241 cm³/mol. The van der Waals surface area contributed by atoms with Gasteiger partial charge < -0.3 is 20.3 Å². The highest BCUT2D eigenvalue weighted by Crippen LogP contribution is 2.15. The Kier molecular flexibility index (Phi) is 41.3. The molecule has 322 valence electrons. The molecule has 0 radical (unpaired) electrons. The topological polar surface area (TPSA) is 95.9 Å². The zero-order chi connectivity index (χ0) is 41.0. The number of nitrogens with one attached hydrogen (secondary N) is 1. The first-order valence-electron chi connectivity index (χ1n) is 23.2. The monoisotopic (exact) mass is 782 g/mol. The average molecular weight is 782 g/mol. The van der Waals surface area contributed by atoms with Crippen LogP contribution in [0.5, 0.6) is 0 Å². The van der Waals surface area contributed by atoms with Crippen LogP contribution in [-0.2, 0) is 14.3 Å². The van der Waals surface area contributed by atoms with Gasteiger partial charge in [0.2, 0.25) is 5.91 Å². The minimum absolute atomic E-state index is 0.0145. The Labute approximate surface area is 345 Å². The molecule has 0 heterocycles. The molecule has 3 unspecified atom stereocenters. The maximum absolute atomic E-state index is 13.1. The van der Waals surface area contributed by atoms with Crippen molar-refractivity contribution in [2.24, 2.45) is 0 Å². The van der Waals surface area contributed by atoms with E-state index in [9.17, 15) is 19.8 Å². The number of unbranched alkanes of at least 4 members (excludes halogenated alkanes) is 16. The number of carbonyl (C=O) groups excluding carboxylic acids is 2. The number of carbonyl (C=O) groups is 2. The first kappa shape index (κ1) is 53.3. The molecule has 0 rings (SSSR count). The third kappa shape index (κ3) is 38.2. The van der Waals surface area contributed by atoms with Crippen molar-refractivity contribution in [3.8, 4) is 0 Å². The van der Waals surface area contributed by atoms with E-state index in [0.717, 1.165) is 70.6 Å². The van der Waals surface area contributed by atoms with E-state index < -0.39 is 18.2 Å². The van der Waals surface area contributed by atoms with Crippen LogP contribution in [-0.4, -0.2) is 46.9 Å². The molecule has 0 aromatic rings. The predicted octanol–water partition coefficient (Wildman–Crippen LogP) is 13.4. The molecule has 0 bridgehead atoms. The molecule has 56 heavy (non-hydrogen) atoms. The van der Waals surface area contributed by atoms with Crippen LogP contribution in [0.4, 0.5) is 0 Å². The van der Waals surface area contributed by atoms with Gasteiger partial charge in [0.05, 0.1) is 25.2 Å². The largest absolute Gasteiger partial charge is 0.462 e. The van der Waals surface area contributed by atoms with Crippen molar-refractivity contribution < 1.29 is 24.5 Å². The van der Waals surface area contributed by atoms with Gasteiger partial charge in [-0.2, -0.15) is 0 Å². The first-order valence-corrected chi connectivity index (χ1v) is 23.2. The van der Waals surface area contributed by atoms with Gasteiger partial charge >= 0.3 is 5.97 Å². The molecule has 0 aliphatic carbocycles. The quantitative estimate of drug-likeness (QED) is 0.0327. The third-order valence-electron chi connectivity index (χ3n) is 10.0. The highest BCUT2D eigenvalue weighted by Gasteiger charge is 2.23. The maximum atomic E-state index is 13.1. The molecule has 0 aliphatic heterocycles. The van der Waals surface area contributed by atoms with E-state index in [-0.39, 0.29) is 31.3 Å². The van der Waals surface area contributed by atoms with E-state index in [4.69, 9.17) is 4.74 Å². The van der Waals surface area contributed by atoms with Crippen molar-refractivity contribution in [1.82, 2.24) is 5.32 Å². The van der Waals surface area contributed by atoms with Gasteiger partial charge in [0.1, 0.15) is 6.10 Å². The maximum Gasteiger partial charge on any atom is 0.306 e. The third-order valence-corrected chi connectivity index (χ3v) is 10.0. The molecule has 0 saturated heterocycles. The number of ether oxygens (including phenoxy) is 1. The van der Waals surface area contributed by atoms with Crippen molar-refractivity contribution in [3.63, 3.8) is 0 Å². The molecular weight excluding hydrogens is 695 g/mol. The van der Waals surface area contributed by atoms with E-state index >= 15 is 0 Å². The Balaban J connectivity index is 4.80. The van der Waals surface area contributed by atoms with E-state index in [1.54, 1.807) is 0 Å². The molecule has 1 amide bonds. The summed E-state index contributed by atoms with van der Waals surface area (Å²) in [4.78, 5) is 25.9. The van der Waals surface area contributed by atoms with Crippen LogP contribution in [0.25, 0.3) is 0 Å². The van der Waals surface area contributed by atoms with Crippen LogP contribution in [0.1, 0.15) is 207 Å². The van der Waals surface area contributed by atoms with Gasteiger partial charge in [-0.1, -0.05) is 190 Å². The standard InChI is InChI=1S/C50H87NO5/c1-4-7-10-13-16-19-22-24-26-27-29-32-35-38-41-46(56-50(55)43-40-37-34-31-28-25-23-20-17-14-11-8-5-2)44-49(54)51-47(45-52)48(53)42-39-36-33-30-21-18-15-12-9-6-3/h7,10,16,19,24-26,28-29,32,34,37,46-48,52-53H,4-6,8-9,11-15,17-18,20-23,27,30-31,33,35-36,38-45H2,1-3H3,(H,51,54)/b10-7+,19-16+,26-24+,28-25-,32-29+,37-34+. The van der Waals surface area contributed by atoms with Gasteiger partial charge in [0, 0.05) is 6.42 Å². The summed E-state index contributed by atoms with van der Waals surface area (Å²) in [5.41, 5.74) is 0. The SMILES string of the molecule is CC/C=C/C/C=C/C/C=C/C/C=C/CCCC(CC(=O)NC(CO)C(O)CCCCCCCCCCCC)OC(=O)CC/C=C/C/C=C\CCCCCCCC. The lowest BCUT2D eigenvalue weighted by atomic mass is 10.0. The Morgan fingerprint density at radius 2 is 0.982 bits per heavy atom. The molecule has 0 aliphatic rings. The second-order valence-electron chi connectivity index (χ2n) is 15.4. The number of rotatable bonds is 40. The molecule has 0 fully saturated rings. The minimum Gasteiger partial charge on any atom is -0.462 e. The molecule has 6 heteroatoms. The van der Waals surface area contributed by atoms with Crippen molar-refractivity contribution in [2.45, 2.75) is 225 Å². The summed E-state index contributed by atoms with van der Waals surface area (Å²) in [6.45, 7) is 6.30. The highest BCUT2D eigenvalue weighted by atomic mass is 16.5. The van der Waals surface area contributed by atoms with Gasteiger partial charge in [-0.15, -0.1) is 0 Å². The molecule has 0 spiro atoms. The van der Waals surface area contributed by atoms with Crippen molar-refractivity contribution in [2.75, 3.05) is 6.61 Å². The van der Waals surface area contributed by atoms with Gasteiger partial charge in [0.15, 0.2) is 0 Å². The summed E-state index contributed by atoms with van der Waals surface area (Å²) in [6, 6.07) is -0.730. The number of allylic oxidation sites excluding steroid dienone is 12. The summed E-state index contributed by atoms with van der Waals surface area (Å²) in [5, 5.41) is 23.6. The Bertz CT molecular complexity index is 1060. The fourth-order valence-corrected chi connectivity index (χ4v) is 6.54. The molecule has 3 N–H and O–H groups in total. The normalized spacial score (nSPS) is 14.0. The molecule has 0 aromatic heterocycles. The summed E-state index contributed by atoms with van der Waals surface area (Å²) in [6.07, 6.45) is 54.0. The Morgan fingerprint density at radius 3 is 1.50 bits per heavy atom. The number of hydrogen-bond donors (Lipinski definition) is 3. The number of esters is 1. The molecular formula is C50H87NO5. The van der Waals surface area contributed by atoms with Gasteiger partial charge in [-0.3, -0.25) is 9.59 Å². The fourth-order valence-electron chi connectivity index (χ4n) is 6.54. The van der Waals surface area contributed by atoms with Crippen LogP contribution in [0.2, 0.25) is 0 Å². The lowest BCUT2D eigenvalue weighted by Gasteiger charge is -2.24. The summed E-state index contributed by atoms with van der Waals surface area (Å²) < 4.78 is 5.84. The Hall–Kier alpha value is -2.70. The lowest BCUT2D eigenvalue weighted by molar-refractivity contribution is -0.150. The smallest absolute Gasteiger partial charge is 0.306 e. The van der Waals surface area contributed by atoms with Crippen LogP contribution in [0, 0.1) is 0 Å². The number of hydrogen-bond acceptors (Lipinski definition) is 5. The fraction of sp³-hybridized carbons (Fsp3) is 0.720. The number of aliphatic hydroxyl groups excluding tert-OH is 2. The Morgan fingerprint density at radius 1 is 0.536 bits per heavy atom. The van der Waals surface area contributed by atoms with Crippen LogP contribution in [0.3, 0.4) is 0 Å². The first-order chi connectivity index (χ1) is 27.5. The second kappa shape index (κ2) is 43.4.